The van der Waals surface area contributed by atoms with Crippen LogP contribution in [0.15, 0.2) is 124 Å². The number of amides is 3. The molecule has 0 saturated heterocycles. The van der Waals surface area contributed by atoms with E-state index in [0.29, 0.717) is 27.9 Å². The van der Waals surface area contributed by atoms with Crippen molar-refractivity contribution in [3.8, 4) is 17.1 Å². The van der Waals surface area contributed by atoms with Gasteiger partial charge in [0.05, 0.1) is 23.1 Å². The van der Waals surface area contributed by atoms with Crippen LogP contribution in [0, 0.1) is 6.92 Å². The number of rotatable bonds is 11. The van der Waals surface area contributed by atoms with Crippen molar-refractivity contribution in [3.05, 3.63) is 132 Å². The molecule has 0 radical (unpaired) electrons. The van der Waals surface area contributed by atoms with E-state index in [9.17, 15) is 14.4 Å². The third-order valence-electron chi connectivity index (χ3n) is 7.10. The molecule has 0 saturated carbocycles. The molecule has 4 aromatic carbocycles. The number of fused-ring (bicyclic) bond motifs is 1. The molecule has 0 unspecified atom stereocenters. The highest BCUT2D eigenvalue weighted by Crippen LogP contribution is 2.30. The highest BCUT2D eigenvalue weighted by atomic mass is 32.2. The Bertz CT molecular complexity index is 2100. The number of thiazole rings is 1. The molecule has 0 bridgehead atoms. The maximum absolute atomic E-state index is 13.5. The maximum Gasteiger partial charge on any atom is 0.272 e. The standard InChI is InChI=1S/C37H30N4O5S2/c1-23-8-10-24(11-9-23)32-19-15-28(46-32)20-31(39-35(43)25-6-4-3-5-7-25)36(44)38-26-12-16-29(17-13-26)47-22-34(42)41-37-40-30-18-14-27(45-2)21-33(30)48-37/h3-21H,22H2,1-2H3,(H,38,44)(H,39,43)(H,40,41,42). The third kappa shape index (κ3) is 8.19. The van der Waals surface area contributed by atoms with Crippen LogP contribution >= 0.6 is 23.1 Å². The molecular formula is C37H30N4O5S2. The summed E-state index contributed by atoms with van der Waals surface area (Å²) in [7, 11) is 1.61. The van der Waals surface area contributed by atoms with Gasteiger partial charge in [-0.2, -0.15) is 0 Å². The summed E-state index contributed by atoms with van der Waals surface area (Å²) in [5.74, 6) is 0.803. The number of aromatic nitrogens is 1. The van der Waals surface area contributed by atoms with E-state index in [1.807, 2.05) is 73.7 Å². The Balaban J connectivity index is 1.10. The van der Waals surface area contributed by atoms with Crippen LogP contribution in [0.3, 0.4) is 0 Å². The second-order valence-corrected chi connectivity index (χ2v) is 12.7. The van der Waals surface area contributed by atoms with E-state index in [1.165, 1.54) is 29.2 Å². The van der Waals surface area contributed by atoms with Crippen molar-refractivity contribution in [3.63, 3.8) is 0 Å². The van der Waals surface area contributed by atoms with E-state index < -0.39 is 11.8 Å². The van der Waals surface area contributed by atoms with E-state index in [2.05, 4.69) is 20.9 Å². The van der Waals surface area contributed by atoms with E-state index in [1.54, 1.807) is 49.6 Å². The van der Waals surface area contributed by atoms with Gasteiger partial charge in [0, 0.05) is 27.8 Å². The minimum Gasteiger partial charge on any atom is -0.497 e. The number of carbonyl (C=O) groups is 3. The molecule has 6 rings (SSSR count). The molecule has 11 heteroatoms. The molecule has 0 aliphatic carbocycles. The number of methoxy groups -OCH3 is 1. The number of furan rings is 1. The number of nitrogens with zero attached hydrogens (tertiary/aromatic N) is 1. The monoisotopic (exact) mass is 674 g/mol. The Morgan fingerprint density at radius 2 is 1.67 bits per heavy atom. The predicted octanol–water partition coefficient (Wildman–Crippen LogP) is 8.01. The smallest absolute Gasteiger partial charge is 0.272 e. The SMILES string of the molecule is COc1ccc2nc(NC(=O)CSc3ccc(NC(=O)C(=Cc4ccc(-c5ccc(C)cc5)o4)NC(=O)c4ccccc4)cc3)sc2c1. The topological polar surface area (TPSA) is 123 Å². The van der Waals surface area contributed by atoms with Gasteiger partial charge in [0.2, 0.25) is 5.91 Å². The Hall–Kier alpha value is -5.65. The number of nitrogens with one attached hydrogen (secondary N) is 3. The fraction of sp³-hybridized carbons (Fsp3) is 0.0811. The Labute approximate surface area is 285 Å². The lowest BCUT2D eigenvalue weighted by Gasteiger charge is -2.11. The molecule has 6 aromatic rings. The fourth-order valence-corrected chi connectivity index (χ4v) is 6.22. The average molecular weight is 675 g/mol. The largest absolute Gasteiger partial charge is 0.497 e. The van der Waals surface area contributed by atoms with Gasteiger partial charge in [0.1, 0.15) is 23.0 Å². The maximum atomic E-state index is 13.5. The summed E-state index contributed by atoms with van der Waals surface area (Å²) in [4.78, 5) is 44.4. The molecular weight excluding hydrogens is 645 g/mol. The van der Waals surface area contributed by atoms with Crippen molar-refractivity contribution in [1.29, 1.82) is 0 Å². The molecule has 0 atom stereocenters. The van der Waals surface area contributed by atoms with Crippen LogP contribution in [0.2, 0.25) is 0 Å². The first-order valence-corrected chi connectivity index (χ1v) is 16.7. The lowest BCUT2D eigenvalue weighted by Crippen LogP contribution is -2.30. The Morgan fingerprint density at radius 3 is 2.42 bits per heavy atom. The van der Waals surface area contributed by atoms with Crippen molar-refractivity contribution in [2.45, 2.75) is 11.8 Å². The molecule has 240 valence electrons. The molecule has 0 aliphatic rings. The highest BCUT2D eigenvalue weighted by Gasteiger charge is 2.17. The molecule has 3 N–H and O–H groups in total. The lowest BCUT2D eigenvalue weighted by atomic mass is 10.1. The zero-order valence-corrected chi connectivity index (χ0v) is 27.6. The van der Waals surface area contributed by atoms with Crippen LogP contribution in [0.5, 0.6) is 5.75 Å². The van der Waals surface area contributed by atoms with Crippen LogP contribution in [0.25, 0.3) is 27.6 Å². The molecule has 0 spiro atoms. The number of ether oxygens (including phenoxy) is 1. The number of hydrogen-bond donors (Lipinski definition) is 3. The van der Waals surface area contributed by atoms with Gasteiger partial charge < -0.3 is 25.1 Å². The Morgan fingerprint density at radius 1 is 0.896 bits per heavy atom. The van der Waals surface area contributed by atoms with Gasteiger partial charge in [-0.05, 0) is 73.7 Å². The van der Waals surface area contributed by atoms with Crippen LogP contribution in [-0.2, 0) is 9.59 Å². The zero-order valence-electron chi connectivity index (χ0n) is 26.0. The number of carbonyl (C=O) groups excluding carboxylic acids is 3. The van der Waals surface area contributed by atoms with Crippen LogP contribution in [-0.4, -0.2) is 35.6 Å². The first-order valence-electron chi connectivity index (χ1n) is 14.9. The minimum atomic E-state index is -0.527. The van der Waals surface area contributed by atoms with Crippen molar-refractivity contribution in [2.24, 2.45) is 0 Å². The van der Waals surface area contributed by atoms with Gasteiger partial charge in [-0.15, -0.1) is 11.8 Å². The fourth-order valence-electron chi connectivity index (χ4n) is 4.61. The normalized spacial score (nSPS) is 11.2. The summed E-state index contributed by atoms with van der Waals surface area (Å²) in [6.45, 7) is 2.01. The average Bonchev–Trinajstić information content (AvgIpc) is 3.74. The van der Waals surface area contributed by atoms with Gasteiger partial charge in [0.15, 0.2) is 5.13 Å². The van der Waals surface area contributed by atoms with Gasteiger partial charge in [0.25, 0.3) is 11.8 Å². The summed E-state index contributed by atoms with van der Waals surface area (Å²) >= 11 is 2.74. The lowest BCUT2D eigenvalue weighted by molar-refractivity contribution is -0.114. The van der Waals surface area contributed by atoms with Gasteiger partial charge in [-0.1, -0.05) is 59.4 Å². The molecule has 0 fully saturated rings. The third-order valence-corrected chi connectivity index (χ3v) is 9.05. The zero-order chi connectivity index (χ0) is 33.5. The van der Waals surface area contributed by atoms with Crippen LogP contribution in [0.1, 0.15) is 21.7 Å². The second kappa shape index (κ2) is 14.8. The number of benzene rings is 4. The van der Waals surface area contributed by atoms with Gasteiger partial charge in [-0.3, -0.25) is 14.4 Å². The summed E-state index contributed by atoms with van der Waals surface area (Å²) < 4.78 is 12.2. The predicted molar refractivity (Wildman–Crippen MR) is 191 cm³/mol. The van der Waals surface area contributed by atoms with E-state index in [-0.39, 0.29) is 17.4 Å². The molecule has 9 nitrogen and oxygen atoms in total. The summed E-state index contributed by atoms with van der Waals surface area (Å²) in [5.41, 5.74) is 3.75. The molecule has 3 amide bonds. The summed E-state index contributed by atoms with van der Waals surface area (Å²) in [5, 5.41) is 8.94. The number of aryl methyl sites for hydroxylation is 1. The first-order chi connectivity index (χ1) is 23.3. The Kier molecular flexibility index (Phi) is 9.99. The van der Waals surface area contributed by atoms with Crippen molar-refractivity contribution < 1.29 is 23.5 Å². The molecule has 0 aliphatic heterocycles. The number of hydrogen-bond acceptors (Lipinski definition) is 8. The summed E-state index contributed by atoms with van der Waals surface area (Å²) in [6.07, 6.45) is 1.50. The van der Waals surface area contributed by atoms with Crippen LogP contribution < -0.4 is 20.7 Å². The van der Waals surface area contributed by atoms with Crippen molar-refractivity contribution >= 4 is 67.9 Å². The number of anilines is 2. The molecule has 2 aromatic heterocycles. The highest BCUT2D eigenvalue weighted by molar-refractivity contribution is 8.00. The molecule has 2 heterocycles. The summed E-state index contributed by atoms with van der Waals surface area (Å²) in [6, 6.07) is 32.8. The quantitative estimate of drug-likeness (QED) is 0.0940. The van der Waals surface area contributed by atoms with Crippen molar-refractivity contribution in [2.75, 3.05) is 23.5 Å². The number of thioether (sulfide) groups is 1. The van der Waals surface area contributed by atoms with E-state index in [4.69, 9.17) is 9.15 Å². The van der Waals surface area contributed by atoms with Crippen molar-refractivity contribution in [1.82, 2.24) is 10.3 Å². The van der Waals surface area contributed by atoms with E-state index >= 15 is 0 Å². The molecule has 48 heavy (non-hydrogen) atoms. The van der Waals surface area contributed by atoms with Crippen LogP contribution in [0.4, 0.5) is 10.8 Å². The van der Waals surface area contributed by atoms with E-state index in [0.717, 1.165) is 32.0 Å². The minimum absolute atomic E-state index is 0.0112. The van der Waals surface area contributed by atoms with Gasteiger partial charge in [-0.25, -0.2) is 4.98 Å². The first kappa shape index (κ1) is 32.3. The van der Waals surface area contributed by atoms with Gasteiger partial charge >= 0.3 is 0 Å². The second-order valence-electron chi connectivity index (χ2n) is 10.6.